The predicted molar refractivity (Wildman–Crippen MR) is 146 cm³/mol. The minimum absolute atomic E-state index is 0.00972. The van der Waals surface area contributed by atoms with E-state index in [2.05, 4.69) is 33.9 Å². The zero-order valence-electron chi connectivity index (χ0n) is 22.1. The molecule has 1 saturated heterocycles. The molecule has 1 fully saturated rings. The fourth-order valence-electron chi connectivity index (χ4n) is 5.10. The molecule has 0 saturated carbocycles. The lowest BCUT2D eigenvalue weighted by atomic mass is 9.98. The van der Waals surface area contributed by atoms with E-state index in [4.69, 9.17) is 4.74 Å². The Bertz CT molecular complexity index is 1450. The molecule has 2 aromatic carbocycles. The summed E-state index contributed by atoms with van der Waals surface area (Å²) in [5.41, 5.74) is 3.77. The molecule has 38 heavy (non-hydrogen) atoms. The number of hydrogen-bond donors (Lipinski definition) is 2. The zero-order valence-corrected chi connectivity index (χ0v) is 22.9. The molecular formula is C28H33N5O4S. The smallest absolute Gasteiger partial charge is 0.264 e. The van der Waals surface area contributed by atoms with Crippen molar-refractivity contribution in [3.63, 3.8) is 0 Å². The van der Waals surface area contributed by atoms with Crippen molar-refractivity contribution in [3.05, 3.63) is 65.2 Å². The quantitative estimate of drug-likeness (QED) is 0.523. The second-order valence-electron chi connectivity index (χ2n) is 10.4. The van der Waals surface area contributed by atoms with Gasteiger partial charge in [0.25, 0.3) is 15.9 Å². The maximum atomic E-state index is 13.8. The van der Waals surface area contributed by atoms with E-state index in [0.717, 1.165) is 23.1 Å². The van der Waals surface area contributed by atoms with Crippen LogP contribution in [0.5, 0.6) is 5.88 Å². The van der Waals surface area contributed by atoms with Crippen molar-refractivity contribution in [2.75, 3.05) is 24.4 Å². The Balaban J connectivity index is 1.67. The SMILES string of the molecule is Cc1cccc(C)c1-c1cc2nc(n1)NS(=O)(=O)c1cccc(c1)C(=O)N(C1CNC1)[C@H](CC(C)C)CO2. The summed E-state index contributed by atoms with van der Waals surface area (Å²) >= 11 is 0. The van der Waals surface area contributed by atoms with Crippen LogP contribution in [0.2, 0.25) is 0 Å². The normalized spacial score (nSPS) is 19.4. The number of nitrogens with zero attached hydrogens (tertiary/aromatic N) is 3. The van der Waals surface area contributed by atoms with Gasteiger partial charge in [-0.2, -0.15) is 4.98 Å². The first-order valence-corrected chi connectivity index (χ1v) is 14.4. The molecule has 2 aliphatic rings. The number of sulfonamides is 1. The third kappa shape index (κ3) is 5.23. The second-order valence-corrected chi connectivity index (χ2v) is 12.1. The highest BCUT2D eigenvalue weighted by atomic mass is 32.2. The molecule has 1 aromatic heterocycles. The number of carbonyl (C=O) groups excluding carboxylic acids is 1. The fourth-order valence-corrected chi connectivity index (χ4v) is 6.09. The van der Waals surface area contributed by atoms with Crippen LogP contribution < -0.4 is 14.8 Å². The number of ether oxygens (including phenoxy) is 1. The van der Waals surface area contributed by atoms with Crippen LogP contribution in [0.3, 0.4) is 0 Å². The predicted octanol–water partition coefficient (Wildman–Crippen LogP) is 3.78. The van der Waals surface area contributed by atoms with E-state index < -0.39 is 10.0 Å². The van der Waals surface area contributed by atoms with Crippen molar-refractivity contribution in [2.45, 2.75) is 51.1 Å². The van der Waals surface area contributed by atoms with Gasteiger partial charge in [-0.3, -0.25) is 4.79 Å². The molecule has 10 heteroatoms. The van der Waals surface area contributed by atoms with Crippen LogP contribution in [-0.4, -0.2) is 61.0 Å². The van der Waals surface area contributed by atoms with Gasteiger partial charge < -0.3 is 15.0 Å². The van der Waals surface area contributed by atoms with Crippen LogP contribution in [0.4, 0.5) is 5.95 Å². The van der Waals surface area contributed by atoms with Crippen molar-refractivity contribution >= 4 is 21.9 Å². The highest BCUT2D eigenvalue weighted by Crippen LogP contribution is 2.30. The molecular weight excluding hydrogens is 502 g/mol. The molecule has 1 amide bonds. The van der Waals surface area contributed by atoms with Crippen LogP contribution >= 0.6 is 0 Å². The van der Waals surface area contributed by atoms with Gasteiger partial charge >= 0.3 is 0 Å². The second kappa shape index (κ2) is 10.3. The first kappa shape index (κ1) is 26.1. The number of nitrogens with one attached hydrogen (secondary N) is 2. The molecule has 4 bridgehead atoms. The van der Waals surface area contributed by atoms with Gasteiger partial charge in [-0.1, -0.05) is 38.1 Å². The summed E-state index contributed by atoms with van der Waals surface area (Å²) in [5.74, 6) is 0.254. The van der Waals surface area contributed by atoms with Gasteiger partial charge in [0.2, 0.25) is 11.8 Å². The molecule has 0 radical (unpaired) electrons. The summed E-state index contributed by atoms with van der Waals surface area (Å²) in [7, 11) is -4.08. The molecule has 0 unspecified atom stereocenters. The first-order valence-electron chi connectivity index (χ1n) is 12.9. The Kier molecular flexibility index (Phi) is 7.11. The standard InChI is InChI=1S/C28H33N5O4S/c1-17(2)11-21-16-37-25-13-24(26-18(3)7-5-8-19(26)4)30-28(31-25)32-38(35,36)23-10-6-9-20(12-23)27(34)33(21)22-14-29-15-22/h5-10,12-13,17,21-22,29H,11,14-16H2,1-4H3,(H,30,31,32)/t21-/m1/s1. The summed E-state index contributed by atoms with van der Waals surface area (Å²) in [6, 6.07) is 13.6. The number of amides is 1. The number of hydrogen-bond acceptors (Lipinski definition) is 7. The van der Waals surface area contributed by atoms with Crippen molar-refractivity contribution in [3.8, 4) is 17.1 Å². The third-order valence-corrected chi connectivity index (χ3v) is 8.33. The van der Waals surface area contributed by atoms with E-state index >= 15 is 0 Å². The lowest BCUT2D eigenvalue weighted by Crippen LogP contribution is -2.62. The highest BCUT2D eigenvalue weighted by Gasteiger charge is 2.36. The van der Waals surface area contributed by atoms with E-state index in [1.54, 1.807) is 18.2 Å². The molecule has 2 N–H and O–H groups in total. The van der Waals surface area contributed by atoms with Gasteiger partial charge in [0.05, 0.1) is 22.7 Å². The lowest BCUT2D eigenvalue weighted by Gasteiger charge is -2.43. The molecule has 9 nitrogen and oxygen atoms in total. The third-order valence-electron chi connectivity index (χ3n) is 7.01. The Hall–Kier alpha value is -3.50. The maximum Gasteiger partial charge on any atom is 0.264 e. The van der Waals surface area contributed by atoms with Crippen LogP contribution in [0.1, 0.15) is 41.8 Å². The van der Waals surface area contributed by atoms with Gasteiger partial charge in [0.15, 0.2) is 0 Å². The molecule has 0 aliphatic carbocycles. The summed E-state index contributed by atoms with van der Waals surface area (Å²) in [6.07, 6.45) is 0.722. The minimum Gasteiger partial charge on any atom is -0.475 e. The van der Waals surface area contributed by atoms with Crippen molar-refractivity contribution < 1.29 is 17.9 Å². The van der Waals surface area contributed by atoms with Gasteiger partial charge in [-0.25, -0.2) is 18.1 Å². The van der Waals surface area contributed by atoms with E-state index in [9.17, 15) is 13.2 Å². The van der Waals surface area contributed by atoms with Crippen molar-refractivity contribution in [1.82, 2.24) is 20.2 Å². The average Bonchev–Trinajstić information content (AvgIpc) is 2.83. The Morgan fingerprint density at radius 3 is 2.42 bits per heavy atom. The Morgan fingerprint density at radius 2 is 1.76 bits per heavy atom. The summed E-state index contributed by atoms with van der Waals surface area (Å²) < 4.78 is 35.5. The van der Waals surface area contributed by atoms with E-state index in [-0.39, 0.29) is 41.3 Å². The van der Waals surface area contributed by atoms with Crippen molar-refractivity contribution in [1.29, 1.82) is 0 Å². The molecule has 2 aliphatic heterocycles. The number of rotatable bonds is 4. The number of anilines is 1. The molecule has 5 rings (SSSR count). The van der Waals surface area contributed by atoms with Gasteiger partial charge in [0.1, 0.15) is 6.61 Å². The van der Waals surface area contributed by atoms with Crippen LogP contribution in [0, 0.1) is 19.8 Å². The van der Waals surface area contributed by atoms with Gasteiger partial charge in [-0.05, 0) is 55.5 Å². The number of benzene rings is 2. The van der Waals surface area contributed by atoms with Crippen LogP contribution in [0.25, 0.3) is 11.3 Å². The molecule has 3 aromatic rings. The number of fused-ring (bicyclic) bond motifs is 4. The topological polar surface area (TPSA) is 114 Å². The van der Waals surface area contributed by atoms with E-state index in [0.29, 0.717) is 30.3 Å². The van der Waals surface area contributed by atoms with E-state index in [1.165, 1.54) is 12.1 Å². The zero-order chi connectivity index (χ0) is 27.0. The largest absolute Gasteiger partial charge is 0.475 e. The fraction of sp³-hybridized carbons (Fsp3) is 0.393. The van der Waals surface area contributed by atoms with Crippen molar-refractivity contribution in [2.24, 2.45) is 5.92 Å². The number of aromatic nitrogens is 2. The molecule has 200 valence electrons. The van der Waals surface area contributed by atoms with E-state index in [1.807, 2.05) is 36.9 Å². The maximum absolute atomic E-state index is 13.8. The summed E-state index contributed by atoms with van der Waals surface area (Å²) in [6.45, 7) is 9.76. The highest BCUT2D eigenvalue weighted by molar-refractivity contribution is 7.92. The van der Waals surface area contributed by atoms with Gasteiger partial charge in [0, 0.05) is 30.3 Å². The van der Waals surface area contributed by atoms with Crippen LogP contribution in [0.15, 0.2) is 53.4 Å². The average molecular weight is 536 g/mol. The van der Waals surface area contributed by atoms with Gasteiger partial charge in [-0.15, -0.1) is 0 Å². The Labute approximate surface area is 223 Å². The van der Waals surface area contributed by atoms with Crippen LogP contribution in [-0.2, 0) is 10.0 Å². The number of aryl methyl sites for hydroxylation is 2. The summed E-state index contributed by atoms with van der Waals surface area (Å²) in [5, 5.41) is 3.25. The molecule has 0 spiro atoms. The molecule has 1 atom stereocenters. The molecule has 3 heterocycles. The Morgan fingerprint density at radius 1 is 1.05 bits per heavy atom. The lowest BCUT2D eigenvalue weighted by molar-refractivity contribution is 0.0346. The minimum atomic E-state index is -4.08. The first-order chi connectivity index (χ1) is 18.1. The summed E-state index contributed by atoms with van der Waals surface area (Å²) in [4.78, 5) is 24.7. The number of carbonyl (C=O) groups is 1. The monoisotopic (exact) mass is 535 g/mol.